The highest BCUT2D eigenvalue weighted by Gasteiger charge is 2.26. The number of hydrogen-bond donors (Lipinski definition) is 1. The van der Waals surface area contributed by atoms with E-state index in [-0.39, 0.29) is 11.8 Å². The summed E-state index contributed by atoms with van der Waals surface area (Å²) >= 11 is 1.81. The number of fused-ring (bicyclic) bond motifs is 1. The van der Waals surface area contributed by atoms with E-state index in [1.165, 1.54) is 0 Å². The van der Waals surface area contributed by atoms with Crippen LogP contribution in [0.15, 0.2) is 53.4 Å². The first-order valence-electron chi connectivity index (χ1n) is 9.25. The molecule has 1 heterocycles. The van der Waals surface area contributed by atoms with Gasteiger partial charge in [-0.3, -0.25) is 9.59 Å². The summed E-state index contributed by atoms with van der Waals surface area (Å²) in [6.07, 6.45) is 0.936. The van der Waals surface area contributed by atoms with Gasteiger partial charge in [0.25, 0.3) is 5.91 Å². The Morgan fingerprint density at radius 1 is 1.11 bits per heavy atom. The first-order valence-corrected chi connectivity index (χ1v) is 10.1. The first kappa shape index (κ1) is 19.5. The Labute approximate surface area is 165 Å². The van der Waals surface area contributed by atoms with Crippen LogP contribution in [0.4, 0.5) is 11.4 Å². The Morgan fingerprint density at radius 3 is 2.59 bits per heavy atom. The number of amides is 2. The van der Waals surface area contributed by atoms with E-state index in [9.17, 15) is 9.59 Å². The zero-order valence-corrected chi connectivity index (χ0v) is 17.1. The average Bonchev–Trinajstić information content (AvgIpc) is 2.78. The number of thioether (sulfide) groups is 1. The lowest BCUT2D eigenvalue weighted by Crippen LogP contribution is -2.32. The van der Waals surface area contributed by atoms with Crippen LogP contribution in [0.5, 0.6) is 0 Å². The number of carbonyl (C=O) groups excluding carboxylic acids is 2. The Balaban J connectivity index is 1.88. The normalized spacial score (nSPS) is 17.0. The molecule has 2 amide bonds. The maximum Gasteiger partial charge on any atom is 0.258 e. The minimum absolute atomic E-state index is 0.0380. The van der Waals surface area contributed by atoms with Gasteiger partial charge >= 0.3 is 0 Å². The van der Waals surface area contributed by atoms with Crippen molar-refractivity contribution >= 4 is 35.0 Å². The van der Waals surface area contributed by atoms with Gasteiger partial charge in [-0.15, -0.1) is 11.8 Å². The lowest BCUT2D eigenvalue weighted by Gasteiger charge is -2.23. The monoisotopic (exact) mass is 382 g/mol. The summed E-state index contributed by atoms with van der Waals surface area (Å²) in [4.78, 5) is 28.5. The van der Waals surface area contributed by atoms with Gasteiger partial charge in [-0.25, -0.2) is 0 Å². The molecular formula is C22H26N2O2S. The maximum absolute atomic E-state index is 13.3. The van der Waals surface area contributed by atoms with Crippen LogP contribution in [0.1, 0.15) is 44.5 Å². The van der Waals surface area contributed by atoms with E-state index in [1.807, 2.05) is 67.8 Å². The molecule has 0 aromatic heterocycles. The maximum atomic E-state index is 13.3. The number of nitrogens with one attached hydrogen (secondary N) is 1. The van der Waals surface area contributed by atoms with Crippen LogP contribution in [0.3, 0.4) is 0 Å². The van der Waals surface area contributed by atoms with Crippen LogP contribution in [0, 0.1) is 5.41 Å². The van der Waals surface area contributed by atoms with Gasteiger partial charge in [-0.2, -0.15) is 0 Å². The summed E-state index contributed by atoms with van der Waals surface area (Å²) in [7, 11) is 0. The van der Waals surface area contributed by atoms with E-state index in [1.54, 1.807) is 12.1 Å². The lowest BCUT2D eigenvalue weighted by molar-refractivity contribution is -0.123. The molecule has 1 aliphatic rings. The smallest absolute Gasteiger partial charge is 0.258 e. The van der Waals surface area contributed by atoms with Crippen molar-refractivity contribution in [1.82, 2.24) is 0 Å². The third kappa shape index (κ3) is 4.53. The molecule has 1 atom stereocenters. The van der Waals surface area contributed by atoms with E-state index < -0.39 is 5.41 Å². The van der Waals surface area contributed by atoms with Crippen molar-refractivity contribution in [2.75, 3.05) is 16.8 Å². The molecule has 2 aromatic carbocycles. The first-order chi connectivity index (χ1) is 12.8. The second kappa shape index (κ2) is 7.77. The molecule has 0 radical (unpaired) electrons. The Bertz CT molecular complexity index is 857. The van der Waals surface area contributed by atoms with Crippen LogP contribution in [0.25, 0.3) is 0 Å². The van der Waals surface area contributed by atoms with Crippen molar-refractivity contribution in [3.63, 3.8) is 0 Å². The van der Waals surface area contributed by atoms with E-state index in [0.717, 1.165) is 17.0 Å². The molecule has 0 fully saturated rings. The van der Waals surface area contributed by atoms with E-state index >= 15 is 0 Å². The number of hydrogen-bond acceptors (Lipinski definition) is 3. The van der Waals surface area contributed by atoms with Gasteiger partial charge in [0.15, 0.2) is 0 Å². The molecule has 5 heteroatoms. The van der Waals surface area contributed by atoms with Gasteiger partial charge in [0.05, 0.1) is 5.69 Å². The summed E-state index contributed by atoms with van der Waals surface area (Å²) < 4.78 is 0. The van der Waals surface area contributed by atoms with Crippen LogP contribution in [0.2, 0.25) is 0 Å². The number of carbonyl (C=O) groups is 2. The van der Waals surface area contributed by atoms with Crippen molar-refractivity contribution in [2.24, 2.45) is 5.41 Å². The van der Waals surface area contributed by atoms with Crippen molar-refractivity contribution < 1.29 is 9.59 Å². The van der Waals surface area contributed by atoms with Crippen molar-refractivity contribution in [3.05, 3.63) is 54.1 Å². The molecule has 1 N–H and O–H groups in total. The van der Waals surface area contributed by atoms with E-state index in [0.29, 0.717) is 23.0 Å². The topological polar surface area (TPSA) is 49.4 Å². The average molecular weight is 383 g/mol. The quantitative estimate of drug-likeness (QED) is 0.776. The molecule has 0 spiro atoms. The molecule has 0 bridgehead atoms. The summed E-state index contributed by atoms with van der Waals surface area (Å²) in [5.41, 5.74) is 1.69. The number of para-hydroxylation sites is 1. The Kier molecular flexibility index (Phi) is 5.61. The zero-order chi connectivity index (χ0) is 19.6. The summed E-state index contributed by atoms with van der Waals surface area (Å²) in [6, 6.07) is 15.2. The van der Waals surface area contributed by atoms with E-state index in [4.69, 9.17) is 0 Å². The number of anilines is 2. The molecule has 0 aliphatic carbocycles. The molecule has 1 aliphatic heterocycles. The van der Waals surface area contributed by atoms with Crippen LogP contribution >= 0.6 is 11.8 Å². The van der Waals surface area contributed by atoms with Gasteiger partial charge in [-0.05, 0) is 36.8 Å². The SMILES string of the molecule is C[C@@H]1CCN(C(=O)c2cccc(NC(=O)C(C)(C)C)c2)c2ccccc2S1. The largest absolute Gasteiger partial charge is 0.326 e. The fourth-order valence-electron chi connectivity index (χ4n) is 2.90. The summed E-state index contributed by atoms with van der Waals surface area (Å²) in [5, 5.41) is 3.36. The van der Waals surface area contributed by atoms with Crippen LogP contribution < -0.4 is 10.2 Å². The minimum atomic E-state index is -0.489. The highest BCUT2D eigenvalue weighted by atomic mass is 32.2. The molecular weight excluding hydrogens is 356 g/mol. The Morgan fingerprint density at radius 2 is 1.85 bits per heavy atom. The molecule has 0 saturated carbocycles. The molecule has 0 unspecified atom stereocenters. The molecule has 27 heavy (non-hydrogen) atoms. The molecule has 142 valence electrons. The molecule has 0 saturated heterocycles. The molecule has 4 nitrogen and oxygen atoms in total. The van der Waals surface area contributed by atoms with Gasteiger partial charge in [-0.1, -0.05) is 45.9 Å². The van der Waals surface area contributed by atoms with Crippen molar-refractivity contribution in [3.8, 4) is 0 Å². The third-order valence-electron chi connectivity index (χ3n) is 4.54. The van der Waals surface area contributed by atoms with Gasteiger partial charge in [0.1, 0.15) is 0 Å². The van der Waals surface area contributed by atoms with Gasteiger partial charge in [0, 0.05) is 33.4 Å². The Hall–Kier alpha value is -2.27. The highest BCUT2D eigenvalue weighted by molar-refractivity contribution is 8.00. The molecule has 2 aromatic rings. The van der Waals surface area contributed by atoms with Gasteiger partial charge < -0.3 is 10.2 Å². The second-order valence-corrected chi connectivity index (χ2v) is 9.41. The highest BCUT2D eigenvalue weighted by Crippen LogP contribution is 2.37. The number of benzene rings is 2. The standard InChI is InChI=1S/C22H26N2O2S/c1-15-12-13-24(18-10-5-6-11-19(18)27-15)20(25)16-8-7-9-17(14-16)23-21(26)22(2,3)4/h5-11,14-15H,12-13H2,1-4H3,(H,23,26)/t15-/m1/s1. The van der Waals surface area contributed by atoms with Crippen molar-refractivity contribution in [1.29, 1.82) is 0 Å². The number of rotatable bonds is 2. The third-order valence-corrected chi connectivity index (χ3v) is 5.77. The molecule has 3 rings (SSSR count). The summed E-state index contributed by atoms with van der Waals surface area (Å²) in [5.74, 6) is -0.110. The second-order valence-electron chi connectivity index (χ2n) is 7.93. The predicted molar refractivity (Wildman–Crippen MR) is 113 cm³/mol. The fourth-order valence-corrected chi connectivity index (χ4v) is 4.02. The lowest BCUT2D eigenvalue weighted by atomic mass is 9.95. The van der Waals surface area contributed by atoms with Gasteiger partial charge in [0.2, 0.25) is 5.91 Å². The predicted octanol–water partition coefficient (Wildman–Crippen LogP) is 5.20. The van der Waals surface area contributed by atoms with Crippen molar-refractivity contribution in [2.45, 2.75) is 44.3 Å². The zero-order valence-electron chi connectivity index (χ0n) is 16.3. The van der Waals surface area contributed by atoms with Crippen LogP contribution in [-0.4, -0.2) is 23.6 Å². The van der Waals surface area contributed by atoms with E-state index in [2.05, 4.69) is 18.3 Å². The fraction of sp³-hybridized carbons (Fsp3) is 0.364. The summed E-state index contributed by atoms with van der Waals surface area (Å²) in [6.45, 7) is 8.47. The minimum Gasteiger partial charge on any atom is -0.326 e. The number of nitrogens with zero attached hydrogens (tertiary/aromatic N) is 1. The van der Waals surface area contributed by atoms with Crippen LogP contribution in [-0.2, 0) is 4.79 Å².